The van der Waals surface area contributed by atoms with Crippen molar-refractivity contribution < 1.29 is 8.81 Å². The number of rotatable bonds is 1. The van der Waals surface area contributed by atoms with E-state index in [4.69, 9.17) is 4.42 Å². The van der Waals surface area contributed by atoms with Gasteiger partial charge >= 0.3 is 0 Å². The molecular weight excluding hydrogens is 251 g/mol. The first-order valence-electron chi connectivity index (χ1n) is 3.93. The molecule has 3 nitrogen and oxygen atoms in total. The smallest absolute Gasteiger partial charge is 0.251 e. The van der Waals surface area contributed by atoms with Crippen LogP contribution in [0, 0.1) is 12.7 Å². The lowest BCUT2D eigenvalue weighted by molar-refractivity contribution is 0.526. The molecule has 0 saturated heterocycles. The topological polar surface area (TPSA) is 38.9 Å². The van der Waals surface area contributed by atoms with E-state index in [9.17, 15) is 4.39 Å². The van der Waals surface area contributed by atoms with Crippen LogP contribution in [-0.4, -0.2) is 10.2 Å². The molecule has 14 heavy (non-hydrogen) atoms. The summed E-state index contributed by atoms with van der Waals surface area (Å²) in [4.78, 5) is 0. The molecule has 0 fully saturated rings. The second-order valence-corrected chi connectivity index (χ2v) is 3.58. The van der Waals surface area contributed by atoms with Crippen LogP contribution in [0.3, 0.4) is 0 Å². The monoisotopic (exact) mass is 256 g/mol. The van der Waals surface area contributed by atoms with Gasteiger partial charge in [0.25, 0.3) is 5.89 Å². The Bertz CT molecular complexity index is 449. The molecule has 0 aliphatic carbocycles. The molecule has 2 aromatic rings. The molecule has 0 N–H and O–H groups in total. The fourth-order valence-corrected chi connectivity index (χ4v) is 1.61. The van der Waals surface area contributed by atoms with Crippen LogP contribution in [-0.2, 0) is 0 Å². The molecule has 0 radical (unpaired) electrons. The van der Waals surface area contributed by atoms with Gasteiger partial charge in [0.05, 0.1) is 5.56 Å². The van der Waals surface area contributed by atoms with Crippen molar-refractivity contribution in [2.75, 3.05) is 0 Å². The normalized spacial score (nSPS) is 10.5. The van der Waals surface area contributed by atoms with Crippen molar-refractivity contribution >= 4 is 15.9 Å². The standard InChI is InChI=1S/C9H6BrFN2O/c1-5-12-13-9(14-5)8-6(10)3-2-4-7(8)11/h2-4H,1H3. The molecule has 0 amide bonds. The first-order chi connectivity index (χ1) is 6.68. The summed E-state index contributed by atoms with van der Waals surface area (Å²) < 4.78 is 19.1. The van der Waals surface area contributed by atoms with Crippen LogP contribution in [0.1, 0.15) is 5.89 Å². The Labute approximate surface area is 88.1 Å². The average molecular weight is 257 g/mol. The Morgan fingerprint density at radius 3 is 2.71 bits per heavy atom. The van der Waals surface area contributed by atoms with Crippen molar-refractivity contribution in [2.24, 2.45) is 0 Å². The van der Waals surface area contributed by atoms with Crippen LogP contribution in [0.2, 0.25) is 0 Å². The lowest BCUT2D eigenvalue weighted by atomic mass is 10.2. The highest BCUT2D eigenvalue weighted by molar-refractivity contribution is 9.10. The van der Waals surface area contributed by atoms with E-state index < -0.39 is 0 Å². The third kappa shape index (κ3) is 1.55. The second kappa shape index (κ2) is 3.49. The fraction of sp³-hybridized carbons (Fsp3) is 0.111. The van der Waals surface area contributed by atoms with Gasteiger partial charge in [-0.2, -0.15) is 0 Å². The maximum atomic E-state index is 13.4. The van der Waals surface area contributed by atoms with Crippen LogP contribution in [0.5, 0.6) is 0 Å². The molecule has 1 heterocycles. The van der Waals surface area contributed by atoms with Crippen molar-refractivity contribution in [3.63, 3.8) is 0 Å². The predicted molar refractivity (Wildman–Crippen MR) is 52.1 cm³/mol. The van der Waals surface area contributed by atoms with E-state index in [1.54, 1.807) is 19.1 Å². The Hall–Kier alpha value is -1.23. The van der Waals surface area contributed by atoms with Crippen molar-refractivity contribution in [3.8, 4) is 11.5 Å². The molecule has 72 valence electrons. The van der Waals surface area contributed by atoms with Crippen LogP contribution in [0.4, 0.5) is 4.39 Å². The van der Waals surface area contributed by atoms with E-state index in [0.29, 0.717) is 15.9 Å². The van der Waals surface area contributed by atoms with E-state index in [1.807, 2.05) is 0 Å². The lowest BCUT2D eigenvalue weighted by Crippen LogP contribution is -1.85. The molecule has 0 atom stereocenters. The molecular formula is C9H6BrFN2O. The van der Waals surface area contributed by atoms with E-state index in [1.165, 1.54) is 6.07 Å². The van der Waals surface area contributed by atoms with Gasteiger partial charge in [-0.05, 0) is 28.1 Å². The molecule has 0 bridgehead atoms. The number of aromatic nitrogens is 2. The Balaban J connectivity index is 2.61. The summed E-state index contributed by atoms with van der Waals surface area (Å²) in [5.41, 5.74) is 0.299. The number of halogens is 2. The van der Waals surface area contributed by atoms with Crippen molar-refractivity contribution in [1.29, 1.82) is 0 Å². The Morgan fingerprint density at radius 2 is 2.14 bits per heavy atom. The fourth-order valence-electron chi connectivity index (χ4n) is 1.10. The molecule has 1 aromatic carbocycles. The van der Waals surface area contributed by atoms with E-state index in [2.05, 4.69) is 26.1 Å². The van der Waals surface area contributed by atoms with E-state index in [-0.39, 0.29) is 11.7 Å². The predicted octanol–water partition coefficient (Wildman–Crippen LogP) is 2.95. The van der Waals surface area contributed by atoms with Gasteiger partial charge in [0, 0.05) is 11.4 Å². The minimum Gasteiger partial charge on any atom is -0.421 e. The summed E-state index contributed by atoms with van der Waals surface area (Å²) in [6, 6.07) is 4.67. The maximum Gasteiger partial charge on any atom is 0.251 e. The van der Waals surface area contributed by atoms with Gasteiger partial charge in [0.1, 0.15) is 5.82 Å². The zero-order chi connectivity index (χ0) is 10.1. The quantitative estimate of drug-likeness (QED) is 0.788. The van der Waals surface area contributed by atoms with Gasteiger partial charge in [0.2, 0.25) is 5.89 Å². The molecule has 0 aliphatic rings. The highest BCUT2D eigenvalue weighted by Gasteiger charge is 2.14. The van der Waals surface area contributed by atoms with Crippen LogP contribution in [0.15, 0.2) is 27.1 Å². The van der Waals surface area contributed by atoms with E-state index >= 15 is 0 Å². The Morgan fingerprint density at radius 1 is 1.36 bits per heavy atom. The minimum atomic E-state index is -0.386. The lowest BCUT2D eigenvalue weighted by Gasteiger charge is -1.99. The number of hydrogen-bond donors (Lipinski definition) is 0. The SMILES string of the molecule is Cc1nnc(-c2c(F)cccc2Br)o1. The van der Waals surface area contributed by atoms with Gasteiger partial charge in [-0.3, -0.25) is 0 Å². The van der Waals surface area contributed by atoms with Gasteiger partial charge in [-0.15, -0.1) is 10.2 Å². The van der Waals surface area contributed by atoms with Gasteiger partial charge < -0.3 is 4.42 Å². The van der Waals surface area contributed by atoms with Crippen molar-refractivity contribution in [2.45, 2.75) is 6.92 Å². The highest BCUT2D eigenvalue weighted by Crippen LogP contribution is 2.29. The first-order valence-corrected chi connectivity index (χ1v) is 4.72. The largest absolute Gasteiger partial charge is 0.421 e. The molecule has 0 aliphatic heterocycles. The summed E-state index contributed by atoms with van der Waals surface area (Å²) in [6.45, 7) is 1.66. The minimum absolute atomic E-state index is 0.187. The molecule has 5 heteroatoms. The van der Waals surface area contributed by atoms with E-state index in [0.717, 1.165) is 0 Å². The van der Waals surface area contributed by atoms with Crippen molar-refractivity contribution in [1.82, 2.24) is 10.2 Å². The van der Waals surface area contributed by atoms with Gasteiger partial charge in [-0.1, -0.05) is 6.07 Å². The van der Waals surface area contributed by atoms with Gasteiger partial charge in [0.15, 0.2) is 0 Å². The molecule has 2 rings (SSSR count). The molecule has 0 spiro atoms. The zero-order valence-electron chi connectivity index (χ0n) is 7.29. The number of benzene rings is 1. The van der Waals surface area contributed by atoms with Crippen molar-refractivity contribution in [3.05, 3.63) is 34.4 Å². The summed E-state index contributed by atoms with van der Waals surface area (Å²) in [5, 5.41) is 7.39. The maximum absolute atomic E-state index is 13.4. The van der Waals surface area contributed by atoms with Crippen LogP contribution in [0.25, 0.3) is 11.5 Å². The number of nitrogens with zero attached hydrogens (tertiary/aromatic N) is 2. The molecule has 0 saturated carbocycles. The highest BCUT2D eigenvalue weighted by atomic mass is 79.9. The molecule has 0 unspecified atom stereocenters. The second-order valence-electron chi connectivity index (χ2n) is 2.72. The van der Waals surface area contributed by atoms with Gasteiger partial charge in [-0.25, -0.2) is 4.39 Å². The summed E-state index contributed by atoms with van der Waals surface area (Å²) in [6.07, 6.45) is 0. The summed E-state index contributed by atoms with van der Waals surface area (Å²) in [7, 11) is 0. The first kappa shape index (κ1) is 9.33. The van der Waals surface area contributed by atoms with Crippen LogP contribution < -0.4 is 0 Å². The third-order valence-electron chi connectivity index (χ3n) is 1.70. The molecule has 1 aromatic heterocycles. The summed E-state index contributed by atoms with van der Waals surface area (Å²) >= 11 is 3.23. The number of hydrogen-bond acceptors (Lipinski definition) is 3. The summed E-state index contributed by atoms with van der Waals surface area (Å²) in [5.74, 6) is 0.214. The van der Waals surface area contributed by atoms with Crippen LogP contribution >= 0.6 is 15.9 Å². The Kier molecular flexibility index (Phi) is 2.33. The third-order valence-corrected chi connectivity index (χ3v) is 2.36. The zero-order valence-corrected chi connectivity index (χ0v) is 8.88. The average Bonchev–Trinajstić information content (AvgIpc) is 2.51. The number of aryl methyl sites for hydroxylation is 1.